The van der Waals surface area contributed by atoms with Gasteiger partial charge in [-0.15, -0.1) is 0 Å². The molecular formula is C21H21N5O3. The summed E-state index contributed by atoms with van der Waals surface area (Å²) in [5, 5.41) is 18.9. The van der Waals surface area contributed by atoms with Crippen LogP contribution in [0.4, 0.5) is 0 Å². The maximum absolute atomic E-state index is 13.1. The van der Waals surface area contributed by atoms with Crippen LogP contribution >= 0.6 is 0 Å². The van der Waals surface area contributed by atoms with Crippen LogP contribution in [0.1, 0.15) is 46.8 Å². The number of hydrogen-bond donors (Lipinski definition) is 2. The second-order valence-electron chi connectivity index (χ2n) is 8.18. The third kappa shape index (κ3) is 3.03. The van der Waals surface area contributed by atoms with E-state index in [0.29, 0.717) is 18.7 Å². The fraction of sp³-hybridized carbons (Fsp3) is 0.429. The number of likely N-dealkylation sites (tertiary alicyclic amines) is 1. The minimum atomic E-state index is -0.205. The number of nitrogens with one attached hydrogen (secondary N) is 1. The van der Waals surface area contributed by atoms with Crippen LogP contribution < -0.4 is 0 Å². The number of aromatic amines is 1. The molecular weight excluding hydrogens is 370 g/mol. The van der Waals surface area contributed by atoms with E-state index in [0.717, 1.165) is 25.0 Å². The fourth-order valence-corrected chi connectivity index (χ4v) is 4.88. The van der Waals surface area contributed by atoms with Gasteiger partial charge in [0.15, 0.2) is 0 Å². The van der Waals surface area contributed by atoms with Crippen LogP contribution in [0.15, 0.2) is 30.7 Å². The molecule has 2 amide bonds. The summed E-state index contributed by atoms with van der Waals surface area (Å²) in [6, 6.07) is 6.25. The molecule has 2 aromatic rings. The Bertz CT molecular complexity index is 998. The number of hydrogen-bond acceptors (Lipinski definition) is 5. The molecule has 2 unspecified atom stereocenters. The largest absolute Gasteiger partial charge is 0.508 e. The van der Waals surface area contributed by atoms with Gasteiger partial charge in [-0.3, -0.25) is 9.59 Å². The Kier molecular flexibility index (Phi) is 4.05. The maximum atomic E-state index is 13.1. The third-order valence-electron chi connectivity index (χ3n) is 6.34. The zero-order valence-electron chi connectivity index (χ0n) is 15.8. The monoisotopic (exact) mass is 391 g/mol. The number of piperazine rings is 1. The van der Waals surface area contributed by atoms with Crippen LogP contribution in [-0.4, -0.2) is 61.9 Å². The van der Waals surface area contributed by atoms with Crippen LogP contribution in [0, 0.1) is 17.2 Å². The van der Waals surface area contributed by atoms with Crippen LogP contribution in [0.3, 0.4) is 0 Å². The number of imidazole rings is 1. The molecule has 0 radical (unpaired) electrons. The normalized spacial score (nSPS) is 27.6. The summed E-state index contributed by atoms with van der Waals surface area (Å²) in [5.74, 6) is 0.116. The van der Waals surface area contributed by atoms with Crippen molar-refractivity contribution in [3.63, 3.8) is 0 Å². The Morgan fingerprint density at radius 3 is 2.62 bits per heavy atom. The van der Waals surface area contributed by atoms with Crippen LogP contribution in [0.5, 0.6) is 5.75 Å². The third-order valence-corrected chi connectivity index (χ3v) is 6.34. The first-order valence-corrected chi connectivity index (χ1v) is 9.89. The molecule has 3 aliphatic rings. The molecule has 29 heavy (non-hydrogen) atoms. The Morgan fingerprint density at radius 2 is 1.97 bits per heavy atom. The number of aromatic nitrogens is 2. The fourth-order valence-electron chi connectivity index (χ4n) is 4.88. The predicted molar refractivity (Wildman–Crippen MR) is 102 cm³/mol. The molecule has 1 aromatic carbocycles. The Balaban J connectivity index is 1.29. The number of H-pyrrole nitrogens is 1. The molecule has 1 saturated carbocycles. The molecule has 0 spiro atoms. The molecule has 1 aromatic heterocycles. The van der Waals surface area contributed by atoms with Crippen molar-refractivity contribution in [3.8, 4) is 11.8 Å². The Labute approximate surface area is 167 Å². The molecule has 2 N–H and O–H groups in total. The van der Waals surface area contributed by atoms with Crippen molar-refractivity contribution in [2.75, 3.05) is 13.1 Å². The van der Waals surface area contributed by atoms with E-state index < -0.39 is 0 Å². The van der Waals surface area contributed by atoms with Crippen LogP contribution in [0.25, 0.3) is 0 Å². The summed E-state index contributed by atoms with van der Waals surface area (Å²) in [6.07, 6.45) is 6.06. The average molecular weight is 391 g/mol. The highest BCUT2D eigenvalue weighted by molar-refractivity contribution is 5.95. The molecule has 148 valence electrons. The van der Waals surface area contributed by atoms with Crippen molar-refractivity contribution in [1.82, 2.24) is 19.8 Å². The molecule has 2 bridgehead atoms. The lowest BCUT2D eigenvalue weighted by Gasteiger charge is -2.41. The topological polar surface area (TPSA) is 113 Å². The highest BCUT2D eigenvalue weighted by atomic mass is 16.3. The Hall–Kier alpha value is -3.34. The van der Waals surface area contributed by atoms with Gasteiger partial charge in [0, 0.05) is 54.5 Å². The molecule has 2 aliphatic heterocycles. The summed E-state index contributed by atoms with van der Waals surface area (Å²) >= 11 is 0. The van der Waals surface area contributed by atoms with Gasteiger partial charge in [-0.05, 0) is 37.5 Å². The van der Waals surface area contributed by atoms with Crippen molar-refractivity contribution in [1.29, 1.82) is 5.26 Å². The van der Waals surface area contributed by atoms with Crippen molar-refractivity contribution in [2.24, 2.45) is 5.92 Å². The van der Waals surface area contributed by atoms with Crippen molar-refractivity contribution in [2.45, 2.75) is 37.3 Å². The van der Waals surface area contributed by atoms with E-state index in [9.17, 15) is 14.7 Å². The zero-order chi connectivity index (χ0) is 20.1. The number of nitriles is 1. The number of amides is 2. The average Bonchev–Trinajstić information content (AvgIpc) is 3.24. The molecule has 4 atom stereocenters. The lowest BCUT2D eigenvalue weighted by Crippen LogP contribution is -2.57. The summed E-state index contributed by atoms with van der Waals surface area (Å²) in [5.41, 5.74) is 1.58. The van der Waals surface area contributed by atoms with Gasteiger partial charge in [-0.1, -0.05) is 0 Å². The van der Waals surface area contributed by atoms with Gasteiger partial charge in [0.2, 0.25) is 5.91 Å². The minimum Gasteiger partial charge on any atom is -0.508 e. The molecule has 5 rings (SSSR count). The van der Waals surface area contributed by atoms with E-state index in [2.05, 4.69) is 9.97 Å². The van der Waals surface area contributed by atoms with Gasteiger partial charge in [0.25, 0.3) is 5.91 Å². The van der Waals surface area contributed by atoms with E-state index >= 15 is 0 Å². The van der Waals surface area contributed by atoms with E-state index in [1.54, 1.807) is 17.4 Å². The Morgan fingerprint density at radius 1 is 1.21 bits per heavy atom. The van der Waals surface area contributed by atoms with Crippen molar-refractivity contribution in [3.05, 3.63) is 47.5 Å². The molecule has 2 saturated heterocycles. The summed E-state index contributed by atoms with van der Waals surface area (Å²) < 4.78 is 0. The summed E-state index contributed by atoms with van der Waals surface area (Å²) in [7, 11) is 0. The lowest BCUT2D eigenvalue weighted by molar-refractivity contribution is -0.138. The quantitative estimate of drug-likeness (QED) is 0.825. The van der Waals surface area contributed by atoms with E-state index in [4.69, 9.17) is 5.26 Å². The molecule has 1 aliphatic carbocycles. The first-order valence-electron chi connectivity index (χ1n) is 9.89. The van der Waals surface area contributed by atoms with Gasteiger partial charge >= 0.3 is 0 Å². The number of phenolic OH excluding ortho intramolecular Hbond substituents is 1. The minimum absolute atomic E-state index is 0.00468. The van der Waals surface area contributed by atoms with Crippen molar-refractivity contribution >= 4 is 11.8 Å². The van der Waals surface area contributed by atoms with Crippen LogP contribution in [-0.2, 0) is 4.79 Å². The highest BCUT2D eigenvalue weighted by Crippen LogP contribution is 2.49. The van der Waals surface area contributed by atoms with E-state index in [1.165, 1.54) is 18.2 Å². The number of phenols is 1. The van der Waals surface area contributed by atoms with Gasteiger partial charge in [-0.25, -0.2) is 4.98 Å². The lowest BCUT2D eigenvalue weighted by atomic mass is 10.1. The number of benzene rings is 1. The molecule has 3 heterocycles. The van der Waals surface area contributed by atoms with Gasteiger partial charge < -0.3 is 19.9 Å². The molecule has 3 fully saturated rings. The molecule has 8 nitrogen and oxygen atoms in total. The predicted octanol–water partition coefficient (Wildman–Crippen LogP) is 1.61. The second-order valence-corrected chi connectivity index (χ2v) is 8.18. The number of carbonyl (C=O) groups excluding carboxylic acids is 2. The summed E-state index contributed by atoms with van der Waals surface area (Å²) in [4.78, 5) is 37.0. The van der Waals surface area contributed by atoms with E-state index in [1.807, 2.05) is 11.0 Å². The number of fused-ring (bicyclic) bond motifs is 2. The van der Waals surface area contributed by atoms with Crippen LogP contribution in [0.2, 0.25) is 0 Å². The first kappa shape index (κ1) is 17.7. The van der Waals surface area contributed by atoms with Gasteiger partial charge in [-0.2, -0.15) is 5.26 Å². The highest BCUT2D eigenvalue weighted by Gasteiger charge is 2.52. The van der Waals surface area contributed by atoms with Gasteiger partial charge in [0.05, 0.1) is 18.0 Å². The number of carbonyl (C=O) groups is 2. The number of aromatic hydroxyl groups is 1. The first-order chi connectivity index (χ1) is 14.0. The van der Waals surface area contributed by atoms with Gasteiger partial charge in [0.1, 0.15) is 5.75 Å². The van der Waals surface area contributed by atoms with Crippen molar-refractivity contribution < 1.29 is 14.7 Å². The number of nitrogens with zero attached hydrogens (tertiary/aromatic N) is 4. The van der Waals surface area contributed by atoms with E-state index in [-0.39, 0.29) is 47.0 Å². The zero-order valence-corrected chi connectivity index (χ0v) is 15.8. The SMILES string of the molecule is N#Cc1cc(O)cc(C(=O)N2CC3CCC(C2)N3C(=O)[C@@H]2C[C@H]2c2cnc[nH]2)c1. The maximum Gasteiger partial charge on any atom is 0.254 e. The second kappa shape index (κ2) is 6.62. The smallest absolute Gasteiger partial charge is 0.254 e. The standard InChI is InChI=1S/C21H21N5O3/c22-7-12-3-13(5-16(27)4-12)20(28)25-9-14-1-2-15(10-25)26(14)21(29)18-6-17(18)19-8-23-11-24-19/h3-5,8,11,14-15,17-18,27H,1-2,6,9-10H2,(H,23,24)/t14?,15?,17-,18-/m1/s1. The molecule has 8 heteroatoms. The number of rotatable bonds is 3. The summed E-state index contributed by atoms with van der Waals surface area (Å²) in [6.45, 7) is 0.972.